The summed E-state index contributed by atoms with van der Waals surface area (Å²) >= 11 is 7.41. The highest BCUT2D eigenvalue weighted by atomic mass is 35.5. The molecule has 1 fully saturated rings. The molecule has 7 heteroatoms. The van der Waals surface area contributed by atoms with Gasteiger partial charge >= 0.3 is 5.91 Å². The van der Waals surface area contributed by atoms with Crippen molar-refractivity contribution in [2.75, 3.05) is 4.90 Å². The standard InChI is InChI=1S/C25H17ClN2O3S/c1-14-7-12-18-19(13-14)32-25(27-18)28-21(15-8-10-17(26)11-9-15)20(23(30)24(28)31)22(29)16-5-3-2-4-6-16/h2-13,21,29H,1H3/b22-20+/t21-/m0/s1. The number of nitrogens with zero attached hydrogens (tertiary/aromatic N) is 2. The second-order valence-electron chi connectivity index (χ2n) is 7.55. The minimum atomic E-state index is -0.825. The molecule has 1 aromatic heterocycles. The van der Waals surface area contributed by atoms with Crippen molar-refractivity contribution in [1.29, 1.82) is 0 Å². The van der Waals surface area contributed by atoms with Crippen LogP contribution < -0.4 is 4.90 Å². The minimum absolute atomic E-state index is 0.0268. The van der Waals surface area contributed by atoms with Crippen LogP contribution >= 0.6 is 22.9 Å². The molecular formula is C25H17ClN2O3S. The van der Waals surface area contributed by atoms with Crippen molar-refractivity contribution in [2.45, 2.75) is 13.0 Å². The number of rotatable bonds is 3. The van der Waals surface area contributed by atoms with Crippen LogP contribution in [0.1, 0.15) is 22.7 Å². The first-order valence-corrected chi connectivity index (χ1v) is 11.1. The van der Waals surface area contributed by atoms with E-state index in [1.54, 1.807) is 48.5 Å². The lowest BCUT2D eigenvalue weighted by molar-refractivity contribution is -0.132. The van der Waals surface area contributed by atoms with E-state index in [1.807, 2.05) is 31.2 Å². The lowest BCUT2D eigenvalue weighted by Crippen LogP contribution is -2.29. The van der Waals surface area contributed by atoms with Crippen LogP contribution in [-0.2, 0) is 9.59 Å². The average Bonchev–Trinajstić information content (AvgIpc) is 3.32. The first-order valence-electron chi connectivity index (χ1n) is 9.93. The summed E-state index contributed by atoms with van der Waals surface area (Å²) in [7, 11) is 0. The van der Waals surface area contributed by atoms with Gasteiger partial charge in [-0.05, 0) is 42.3 Å². The molecule has 1 aliphatic rings. The third kappa shape index (κ3) is 3.38. The van der Waals surface area contributed by atoms with Crippen LogP contribution in [-0.4, -0.2) is 21.8 Å². The van der Waals surface area contributed by atoms with Gasteiger partial charge in [-0.25, -0.2) is 4.98 Å². The summed E-state index contributed by atoms with van der Waals surface area (Å²) in [4.78, 5) is 32.4. The highest BCUT2D eigenvalue weighted by molar-refractivity contribution is 7.22. The Bertz CT molecular complexity index is 1390. The maximum atomic E-state index is 13.2. The van der Waals surface area contributed by atoms with Gasteiger partial charge in [-0.2, -0.15) is 0 Å². The Labute approximate surface area is 193 Å². The SMILES string of the molecule is Cc1ccc2nc(N3C(=O)C(=O)/C(=C(/O)c4ccccc4)[C@@H]3c3ccc(Cl)cc3)sc2c1. The number of aromatic nitrogens is 1. The Balaban J connectivity index is 1.73. The fourth-order valence-electron chi connectivity index (χ4n) is 3.86. The third-order valence-electron chi connectivity index (χ3n) is 5.42. The van der Waals surface area contributed by atoms with Crippen molar-refractivity contribution in [2.24, 2.45) is 0 Å². The van der Waals surface area contributed by atoms with Crippen LogP contribution in [0.5, 0.6) is 0 Å². The van der Waals surface area contributed by atoms with E-state index in [0.717, 1.165) is 15.8 Å². The average molecular weight is 461 g/mol. The van der Waals surface area contributed by atoms with E-state index in [2.05, 4.69) is 4.98 Å². The normalized spacial score (nSPS) is 17.9. The van der Waals surface area contributed by atoms with E-state index in [0.29, 0.717) is 21.3 Å². The highest BCUT2D eigenvalue weighted by Crippen LogP contribution is 2.44. The fourth-order valence-corrected chi connectivity index (χ4v) is 5.08. The van der Waals surface area contributed by atoms with Crippen LogP contribution in [0.3, 0.4) is 0 Å². The summed E-state index contributed by atoms with van der Waals surface area (Å²) in [6.07, 6.45) is 0. The molecule has 1 atom stereocenters. The predicted molar refractivity (Wildman–Crippen MR) is 127 cm³/mol. The summed E-state index contributed by atoms with van der Waals surface area (Å²) in [6.45, 7) is 1.98. The van der Waals surface area contributed by atoms with E-state index < -0.39 is 17.7 Å². The van der Waals surface area contributed by atoms with Gasteiger partial charge in [0.05, 0.1) is 21.8 Å². The van der Waals surface area contributed by atoms with Gasteiger partial charge in [0, 0.05) is 10.6 Å². The van der Waals surface area contributed by atoms with Crippen molar-refractivity contribution in [1.82, 2.24) is 4.98 Å². The molecule has 4 aromatic rings. The lowest BCUT2D eigenvalue weighted by Gasteiger charge is -2.23. The zero-order valence-electron chi connectivity index (χ0n) is 16.9. The van der Waals surface area contributed by atoms with Gasteiger partial charge in [-0.1, -0.05) is 71.5 Å². The van der Waals surface area contributed by atoms with Crippen molar-refractivity contribution in [3.63, 3.8) is 0 Å². The number of hydrogen-bond donors (Lipinski definition) is 1. The minimum Gasteiger partial charge on any atom is -0.507 e. The molecule has 5 rings (SSSR count). The summed E-state index contributed by atoms with van der Waals surface area (Å²) in [6, 6.07) is 20.6. The third-order valence-corrected chi connectivity index (χ3v) is 6.69. The Morgan fingerprint density at radius 1 is 1.03 bits per heavy atom. The maximum absolute atomic E-state index is 13.2. The number of ketones is 1. The van der Waals surface area contributed by atoms with Crippen molar-refractivity contribution >= 4 is 55.7 Å². The molecule has 32 heavy (non-hydrogen) atoms. The molecule has 158 valence electrons. The Kier molecular flexibility index (Phi) is 5.04. The molecule has 2 heterocycles. The number of fused-ring (bicyclic) bond motifs is 1. The molecule has 0 bridgehead atoms. The molecule has 0 radical (unpaired) electrons. The number of carbonyl (C=O) groups excluding carboxylic acids is 2. The highest BCUT2D eigenvalue weighted by Gasteiger charge is 2.48. The Morgan fingerprint density at radius 2 is 1.75 bits per heavy atom. The molecule has 1 N–H and O–H groups in total. The van der Waals surface area contributed by atoms with E-state index in [1.165, 1.54) is 16.2 Å². The predicted octanol–water partition coefficient (Wildman–Crippen LogP) is 5.88. The van der Waals surface area contributed by atoms with Crippen LogP contribution in [0.2, 0.25) is 5.02 Å². The van der Waals surface area contributed by atoms with Gasteiger partial charge in [-0.3, -0.25) is 14.5 Å². The zero-order valence-corrected chi connectivity index (χ0v) is 18.5. The molecule has 0 saturated carbocycles. The largest absolute Gasteiger partial charge is 0.507 e. The topological polar surface area (TPSA) is 70.5 Å². The van der Waals surface area contributed by atoms with Gasteiger partial charge in [0.25, 0.3) is 5.78 Å². The van der Waals surface area contributed by atoms with E-state index in [4.69, 9.17) is 11.6 Å². The number of benzene rings is 3. The van der Waals surface area contributed by atoms with Crippen LogP contribution in [0.15, 0.2) is 78.4 Å². The zero-order chi connectivity index (χ0) is 22.4. The molecule has 1 amide bonds. The number of hydrogen-bond acceptors (Lipinski definition) is 5. The van der Waals surface area contributed by atoms with Crippen LogP contribution in [0.4, 0.5) is 5.13 Å². The lowest BCUT2D eigenvalue weighted by atomic mass is 9.95. The molecule has 1 aliphatic heterocycles. The molecule has 0 unspecified atom stereocenters. The second-order valence-corrected chi connectivity index (χ2v) is 9.00. The number of Topliss-reactive ketones (excluding diaryl/α,β-unsaturated/α-hetero) is 1. The Morgan fingerprint density at radius 3 is 2.47 bits per heavy atom. The second kappa shape index (κ2) is 7.89. The van der Waals surface area contributed by atoms with Crippen LogP contribution in [0.25, 0.3) is 16.0 Å². The molecular weight excluding hydrogens is 444 g/mol. The first kappa shape index (κ1) is 20.4. The summed E-state index contributed by atoms with van der Waals surface area (Å²) < 4.78 is 0.916. The number of halogens is 1. The molecule has 0 spiro atoms. The Hall–Kier alpha value is -3.48. The number of aliphatic hydroxyl groups excluding tert-OH is 1. The monoisotopic (exact) mass is 460 g/mol. The van der Waals surface area contributed by atoms with Gasteiger partial charge in [0.15, 0.2) is 5.13 Å². The number of thiazole rings is 1. The summed E-state index contributed by atoms with van der Waals surface area (Å²) in [5, 5.41) is 12.0. The maximum Gasteiger partial charge on any atom is 0.301 e. The number of amides is 1. The van der Waals surface area contributed by atoms with Gasteiger partial charge in [-0.15, -0.1) is 0 Å². The van der Waals surface area contributed by atoms with E-state index in [-0.39, 0.29) is 11.3 Å². The summed E-state index contributed by atoms with van der Waals surface area (Å²) in [5.41, 5.74) is 2.97. The van der Waals surface area contributed by atoms with Gasteiger partial charge in [0.1, 0.15) is 5.76 Å². The smallest absolute Gasteiger partial charge is 0.301 e. The molecule has 1 saturated heterocycles. The fraction of sp³-hybridized carbons (Fsp3) is 0.0800. The molecule has 3 aromatic carbocycles. The molecule has 0 aliphatic carbocycles. The van der Waals surface area contributed by atoms with E-state index >= 15 is 0 Å². The van der Waals surface area contributed by atoms with E-state index in [9.17, 15) is 14.7 Å². The number of anilines is 1. The van der Waals surface area contributed by atoms with Crippen molar-refractivity contribution in [3.8, 4) is 0 Å². The van der Waals surface area contributed by atoms with Gasteiger partial charge < -0.3 is 5.11 Å². The summed E-state index contributed by atoms with van der Waals surface area (Å²) in [5.74, 6) is -1.69. The number of aryl methyl sites for hydroxylation is 1. The first-order chi connectivity index (χ1) is 15.4. The van der Waals surface area contributed by atoms with Crippen LogP contribution in [0, 0.1) is 6.92 Å². The van der Waals surface area contributed by atoms with Crippen molar-refractivity contribution in [3.05, 3.63) is 100 Å². The number of carbonyl (C=O) groups is 2. The quantitative estimate of drug-likeness (QED) is 0.235. The van der Waals surface area contributed by atoms with Crippen molar-refractivity contribution < 1.29 is 14.7 Å². The number of aliphatic hydroxyl groups is 1. The van der Waals surface area contributed by atoms with Gasteiger partial charge in [0.2, 0.25) is 0 Å². The molecule has 5 nitrogen and oxygen atoms in total.